The van der Waals surface area contributed by atoms with Crippen molar-refractivity contribution in [2.45, 2.75) is 31.5 Å². The Morgan fingerprint density at radius 1 is 0.938 bits per heavy atom. The van der Waals surface area contributed by atoms with Gasteiger partial charge in [-0.05, 0) is 61.3 Å². The Kier molecular flexibility index (Phi) is 9.39. The van der Waals surface area contributed by atoms with E-state index in [9.17, 15) is 18.0 Å². The maximum absolute atomic E-state index is 12.5. The van der Waals surface area contributed by atoms with Gasteiger partial charge in [0.1, 0.15) is 5.69 Å². The number of aliphatic carboxylic acids is 1. The van der Waals surface area contributed by atoms with Gasteiger partial charge in [0.15, 0.2) is 5.82 Å². The van der Waals surface area contributed by atoms with Gasteiger partial charge in [-0.1, -0.05) is 65.8 Å². The zero-order valence-electron chi connectivity index (χ0n) is 25.4. The molecule has 4 aromatic heterocycles. The van der Waals surface area contributed by atoms with Crippen LogP contribution in [-0.2, 0) is 11.3 Å². The van der Waals surface area contributed by atoms with Gasteiger partial charge in [-0.2, -0.15) is 18.2 Å². The molecule has 0 unspecified atom stereocenters. The number of pyridine rings is 3. The number of H-pyrrole nitrogens is 1. The first-order chi connectivity index (χ1) is 23.2. The molecule has 0 bridgehead atoms. The zero-order chi connectivity index (χ0) is 33.7. The van der Waals surface area contributed by atoms with Crippen LogP contribution in [0.4, 0.5) is 13.2 Å². The molecule has 10 nitrogen and oxygen atoms in total. The van der Waals surface area contributed by atoms with E-state index < -0.39 is 12.1 Å². The third-order valence-electron chi connectivity index (χ3n) is 7.99. The number of aromatic nitrogens is 5. The van der Waals surface area contributed by atoms with E-state index >= 15 is 0 Å². The van der Waals surface area contributed by atoms with Crippen LogP contribution in [0.3, 0.4) is 0 Å². The van der Waals surface area contributed by atoms with Crippen molar-refractivity contribution in [1.29, 1.82) is 0 Å². The van der Waals surface area contributed by atoms with Crippen molar-refractivity contribution < 1.29 is 27.6 Å². The van der Waals surface area contributed by atoms with Crippen molar-refractivity contribution in [1.82, 2.24) is 30.0 Å². The Hall–Kier alpha value is -5.69. The molecular weight excluding hydrogens is 625 g/mol. The second-order valence-corrected chi connectivity index (χ2v) is 11.2. The van der Waals surface area contributed by atoms with Crippen molar-refractivity contribution in [3.63, 3.8) is 0 Å². The molecule has 0 saturated carbocycles. The quantitative estimate of drug-likeness (QED) is 0.201. The molecule has 1 fully saturated rings. The molecule has 6 aromatic rings. The Balaban J connectivity index is 0.000000519. The fourth-order valence-electron chi connectivity index (χ4n) is 5.54. The molecule has 1 aliphatic rings. The minimum absolute atomic E-state index is 0.133. The van der Waals surface area contributed by atoms with Gasteiger partial charge in [0, 0.05) is 36.0 Å². The summed E-state index contributed by atoms with van der Waals surface area (Å²) in [6.45, 7) is 2.82. The number of carboxylic acid groups (broad SMARTS) is 1. The van der Waals surface area contributed by atoms with Crippen molar-refractivity contribution in [2.75, 3.05) is 13.1 Å². The van der Waals surface area contributed by atoms with E-state index in [0.717, 1.165) is 60.7 Å². The molecule has 0 radical (unpaired) electrons. The van der Waals surface area contributed by atoms with Crippen LogP contribution >= 0.6 is 0 Å². The predicted molar refractivity (Wildman–Crippen MR) is 172 cm³/mol. The number of rotatable bonds is 6. The summed E-state index contributed by atoms with van der Waals surface area (Å²) in [7, 11) is 0. The van der Waals surface area contributed by atoms with Gasteiger partial charge in [0.05, 0.1) is 16.6 Å². The Labute approximate surface area is 271 Å². The molecule has 13 heteroatoms. The number of carboxylic acids is 1. The maximum atomic E-state index is 12.5. The third-order valence-corrected chi connectivity index (χ3v) is 7.99. The van der Waals surface area contributed by atoms with Gasteiger partial charge in [0.2, 0.25) is 0 Å². The summed E-state index contributed by atoms with van der Waals surface area (Å²) in [6, 6.07) is 28.2. The summed E-state index contributed by atoms with van der Waals surface area (Å²) in [5, 5.41) is 12.0. The van der Waals surface area contributed by atoms with E-state index in [1.54, 1.807) is 12.4 Å². The summed E-state index contributed by atoms with van der Waals surface area (Å²) in [5.41, 5.74) is 6.37. The summed E-state index contributed by atoms with van der Waals surface area (Å²) < 4.78 is 37.2. The monoisotopic (exact) mass is 654 g/mol. The molecule has 0 amide bonds. The van der Waals surface area contributed by atoms with Crippen LogP contribution in [0.25, 0.3) is 44.9 Å². The summed E-state index contributed by atoms with van der Waals surface area (Å²) in [6.07, 6.45) is 0.265. The number of benzene rings is 2. The van der Waals surface area contributed by atoms with Crippen molar-refractivity contribution >= 4 is 16.9 Å². The van der Waals surface area contributed by atoms with Crippen LogP contribution in [0.5, 0.6) is 0 Å². The van der Waals surface area contributed by atoms with Gasteiger partial charge in [-0.25, -0.2) is 9.78 Å². The van der Waals surface area contributed by atoms with E-state index in [0.29, 0.717) is 22.5 Å². The first-order valence-corrected chi connectivity index (χ1v) is 15.1. The van der Waals surface area contributed by atoms with Gasteiger partial charge in [0.25, 0.3) is 11.4 Å². The molecule has 0 spiro atoms. The number of likely N-dealkylation sites (tertiary alicyclic amines) is 1. The summed E-state index contributed by atoms with van der Waals surface area (Å²) in [5.74, 6) is -1.22. The molecule has 2 N–H and O–H groups in total. The normalized spacial score (nSPS) is 14.0. The van der Waals surface area contributed by atoms with Gasteiger partial charge >= 0.3 is 12.1 Å². The molecule has 5 heterocycles. The smallest absolute Gasteiger partial charge is 0.475 e. The predicted octanol–water partition coefficient (Wildman–Crippen LogP) is 6.72. The zero-order valence-corrected chi connectivity index (χ0v) is 25.4. The van der Waals surface area contributed by atoms with E-state index in [4.69, 9.17) is 19.4 Å². The van der Waals surface area contributed by atoms with Crippen LogP contribution in [0.15, 0.2) is 107 Å². The first kappa shape index (κ1) is 32.3. The average Bonchev–Trinajstić information content (AvgIpc) is 3.60. The van der Waals surface area contributed by atoms with Crippen LogP contribution in [0.1, 0.15) is 30.1 Å². The number of carbonyl (C=O) groups is 1. The van der Waals surface area contributed by atoms with Crippen molar-refractivity contribution in [3.05, 3.63) is 119 Å². The lowest BCUT2D eigenvalue weighted by Gasteiger charge is -2.30. The standard InChI is InChI=1S/C33H28N6O2.C2HF3O2/c40-32-27-20-26(23-6-2-1-3-7-23)30(36-28(27)13-17-35-32)24-11-9-22(10-12-24)21-39-18-14-25(15-19-39)31-37-33(41-38-31)29-8-4-5-16-34-29;3-2(4,5)1(6)7/h1-13,16-17,20,25H,14-15,18-19,21H2,(H,35,40);(H,6,7). The van der Waals surface area contributed by atoms with E-state index in [1.807, 2.05) is 48.5 Å². The second-order valence-electron chi connectivity index (χ2n) is 11.2. The number of hydrogen-bond donors (Lipinski definition) is 2. The van der Waals surface area contributed by atoms with Crippen LogP contribution < -0.4 is 5.56 Å². The number of nitrogens with one attached hydrogen (secondary N) is 1. The lowest BCUT2D eigenvalue weighted by atomic mass is 9.95. The molecular formula is C35H29F3N6O4. The topological polar surface area (TPSA) is 138 Å². The number of piperidine rings is 1. The fourth-order valence-corrected chi connectivity index (χ4v) is 5.54. The molecule has 0 aliphatic carbocycles. The van der Waals surface area contributed by atoms with Crippen molar-refractivity contribution in [3.8, 4) is 34.0 Å². The minimum atomic E-state index is -5.08. The maximum Gasteiger partial charge on any atom is 0.490 e. The third kappa shape index (κ3) is 7.47. The SMILES string of the molecule is O=C(O)C(F)(F)F.O=c1[nH]ccc2nc(-c3ccc(CN4CCC(c5noc(-c6ccccn6)n5)CC4)cc3)c(-c3ccccc3)cc12. The highest BCUT2D eigenvalue weighted by Gasteiger charge is 2.38. The Morgan fingerprint density at radius 3 is 2.31 bits per heavy atom. The number of fused-ring (bicyclic) bond motifs is 1. The number of nitrogens with zero attached hydrogens (tertiary/aromatic N) is 5. The Morgan fingerprint density at radius 2 is 1.65 bits per heavy atom. The summed E-state index contributed by atoms with van der Waals surface area (Å²) in [4.78, 5) is 40.5. The highest BCUT2D eigenvalue weighted by atomic mass is 19.4. The fraction of sp³-hybridized carbons (Fsp3) is 0.200. The molecule has 2 aromatic carbocycles. The first-order valence-electron chi connectivity index (χ1n) is 15.1. The van der Waals surface area contributed by atoms with E-state index in [1.165, 1.54) is 5.56 Å². The molecule has 0 atom stereocenters. The highest BCUT2D eigenvalue weighted by molar-refractivity contribution is 5.91. The molecule has 1 aliphatic heterocycles. The largest absolute Gasteiger partial charge is 0.490 e. The highest BCUT2D eigenvalue weighted by Crippen LogP contribution is 2.33. The number of alkyl halides is 3. The summed E-state index contributed by atoms with van der Waals surface area (Å²) >= 11 is 0. The number of aromatic amines is 1. The Bertz CT molecular complexity index is 2060. The van der Waals surface area contributed by atoms with Gasteiger partial charge in [-0.15, -0.1) is 0 Å². The molecule has 244 valence electrons. The number of hydrogen-bond acceptors (Lipinski definition) is 8. The molecule has 1 saturated heterocycles. The molecule has 48 heavy (non-hydrogen) atoms. The van der Waals surface area contributed by atoms with Gasteiger partial charge in [-0.3, -0.25) is 14.7 Å². The van der Waals surface area contributed by atoms with Gasteiger partial charge < -0.3 is 14.6 Å². The second kappa shape index (κ2) is 14.0. The average molecular weight is 655 g/mol. The van der Waals surface area contributed by atoms with Crippen molar-refractivity contribution in [2.24, 2.45) is 0 Å². The number of halogens is 3. The molecule has 7 rings (SSSR count). The lowest BCUT2D eigenvalue weighted by Crippen LogP contribution is -2.32. The van der Waals surface area contributed by atoms with E-state index in [2.05, 4.69) is 61.4 Å². The van der Waals surface area contributed by atoms with Crippen LogP contribution in [0, 0.1) is 0 Å². The lowest BCUT2D eigenvalue weighted by molar-refractivity contribution is -0.192. The van der Waals surface area contributed by atoms with E-state index in [-0.39, 0.29) is 11.5 Å². The minimum Gasteiger partial charge on any atom is -0.475 e. The van der Waals surface area contributed by atoms with Crippen LogP contribution in [0.2, 0.25) is 0 Å². The van der Waals surface area contributed by atoms with Crippen LogP contribution in [-0.4, -0.2) is 60.3 Å².